The minimum atomic E-state index is -0.574. The van der Waals surface area contributed by atoms with Crippen LogP contribution in [0.3, 0.4) is 0 Å². The normalized spacial score (nSPS) is 17.5. The van der Waals surface area contributed by atoms with Gasteiger partial charge in [0.2, 0.25) is 11.9 Å². The summed E-state index contributed by atoms with van der Waals surface area (Å²) in [5.41, 5.74) is 0. The van der Waals surface area contributed by atoms with E-state index >= 15 is 0 Å². The molecular weight excluding hydrogens is 211 g/mol. The molecule has 1 aromatic heterocycles. The van der Waals surface area contributed by atoms with Crippen molar-refractivity contribution in [2.75, 3.05) is 31.6 Å². The molecule has 2 rings (SSSR count). The standard InChI is InChI=1S/C10H13FN4O/c1-14-3-2-4-15(6-10(14)16)9-5-8(11)12-7-13-9/h5,7H,2-4,6H2,1H3. The maximum Gasteiger partial charge on any atom is 0.241 e. The number of anilines is 1. The number of amides is 1. The summed E-state index contributed by atoms with van der Waals surface area (Å²) >= 11 is 0. The first-order valence-electron chi connectivity index (χ1n) is 5.13. The number of likely N-dealkylation sites (N-methyl/N-ethyl adjacent to an activating group) is 1. The minimum absolute atomic E-state index is 0.0246. The second-order valence-electron chi connectivity index (χ2n) is 3.79. The van der Waals surface area contributed by atoms with Crippen LogP contribution in [-0.2, 0) is 4.79 Å². The molecule has 2 heterocycles. The van der Waals surface area contributed by atoms with Gasteiger partial charge in [-0.1, -0.05) is 0 Å². The van der Waals surface area contributed by atoms with Crippen LogP contribution < -0.4 is 4.90 Å². The van der Waals surface area contributed by atoms with E-state index in [1.807, 2.05) is 0 Å². The molecule has 0 bridgehead atoms. The van der Waals surface area contributed by atoms with Crippen molar-refractivity contribution >= 4 is 11.7 Å². The van der Waals surface area contributed by atoms with Gasteiger partial charge in [-0.05, 0) is 6.42 Å². The van der Waals surface area contributed by atoms with E-state index in [1.54, 1.807) is 16.8 Å². The average molecular weight is 224 g/mol. The third kappa shape index (κ3) is 2.26. The highest BCUT2D eigenvalue weighted by atomic mass is 19.1. The summed E-state index contributed by atoms with van der Waals surface area (Å²) in [6, 6.07) is 1.25. The van der Waals surface area contributed by atoms with Crippen molar-refractivity contribution in [2.24, 2.45) is 0 Å². The lowest BCUT2D eigenvalue weighted by Gasteiger charge is -2.20. The molecule has 1 saturated heterocycles. The Morgan fingerprint density at radius 1 is 1.38 bits per heavy atom. The second-order valence-corrected chi connectivity index (χ2v) is 3.79. The number of nitrogens with zero attached hydrogens (tertiary/aromatic N) is 4. The Bertz CT molecular complexity index is 398. The fraction of sp³-hybridized carbons (Fsp3) is 0.500. The Balaban J connectivity index is 2.18. The van der Waals surface area contributed by atoms with E-state index in [1.165, 1.54) is 12.4 Å². The molecule has 0 unspecified atom stereocenters. The molecule has 0 aliphatic carbocycles. The molecule has 1 fully saturated rings. The minimum Gasteiger partial charge on any atom is -0.347 e. The highest BCUT2D eigenvalue weighted by molar-refractivity contribution is 5.81. The molecule has 1 aromatic rings. The fourth-order valence-electron chi connectivity index (χ4n) is 1.68. The van der Waals surface area contributed by atoms with E-state index in [2.05, 4.69) is 9.97 Å². The highest BCUT2D eigenvalue weighted by Crippen LogP contribution is 2.13. The van der Waals surface area contributed by atoms with Crippen molar-refractivity contribution < 1.29 is 9.18 Å². The number of hydrogen-bond donors (Lipinski definition) is 0. The largest absolute Gasteiger partial charge is 0.347 e. The highest BCUT2D eigenvalue weighted by Gasteiger charge is 2.20. The van der Waals surface area contributed by atoms with Gasteiger partial charge in [0.1, 0.15) is 12.1 Å². The van der Waals surface area contributed by atoms with Gasteiger partial charge in [-0.15, -0.1) is 0 Å². The molecule has 0 atom stereocenters. The van der Waals surface area contributed by atoms with E-state index in [4.69, 9.17) is 0 Å². The van der Waals surface area contributed by atoms with Crippen LogP contribution in [0.25, 0.3) is 0 Å². The van der Waals surface area contributed by atoms with Gasteiger partial charge in [0.25, 0.3) is 0 Å². The summed E-state index contributed by atoms with van der Waals surface area (Å²) in [7, 11) is 1.77. The molecule has 1 aliphatic heterocycles. The lowest BCUT2D eigenvalue weighted by atomic mass is 10.4. The summed E-state index contributed by atoms with van der Waals surface area (Å²) in [6.07, 6.45) is 2.03. The van der Waals surface area contributed by atoms with Crippen LogP contribution >= 0.6 is 0 Å². The first kappa shape index (κ1) is 10.8. The van der Waals surface area contributed by atoms with Gasteiger partial charge < -0.3 is 9.80 Å². The van der Waals surface area contributed by atoms with E-state index in [0.717, 1.165) is 13.0 Å². The fourth-order valence-corrected chi connectivity index (χ4v) is 1.68. The lowest BCUT2D eigenvalue weighted by molar-refractivity contribution is -0.127. The zero-order valence-electron chi connectivity index (χ0n) is 9.06. The van der Waals surface area contributed by atoms with Crippen LogP contribution in [0.4, 0.5) is 10.2 Å². The molecule has 0 saturated carbocycles. The monoisotopic (exact) mass is 224 g/mol. The zero-order valence-corrected chi connectivity index (χ0v) is 9.06. The topological polar surface area (TPSA) is 49.3 Å². The van der Waals surface area contributed by atoms with Gasteiger partial charge in [0.15, 0.2) is 0 Å². The molecule has 0 radical (unpaired) electrons. The molecule has 6 heteroatoms. The summed E-state index contributed by atoms with van der Waals surface area (Å²) in [5, 5.41) is 0. The number of halogens is 1. The van der Waals surface area contributed by atoms with Gasteiger partial charge >= 0.3 is 0 Å². The maximum atomic E-state index is 12.9. The Labute approximate surface area is 92.9 Å². The molecule has 86 valence electrons. The van der Waals surface area contributed by atoms with E-state index < -0.39 is 5.95 Å². The third-order valence-electron chi connectivity index (χ3n) is 2.62. The van der Waals surface area contributed by atoms with Crippen molar-refractivity contribution in [1.29, 1.82) is 0 Å². The summed E-state index contributed by atoms with van der Waals surface area (Å²) in [6.45, 7) is 1.67. The van der Waals surface area contributed by atoms with Crippen molar-refractivity contribution in [3.05, 3.63) is 18.3 Å². The lowest BCUT2D eigenvalue weighted by Crippen LogP contribution is -2.34. The Kier molecular flexibility index (Phi) is 2.98. The number of aromatic nitrogens is 2. The Hall–Kier alpha value is -1.72. The Morgan fingerprint density at radius 2 is 2.19 bits per heavy atom. The second kappa shape index (κ2) is 4.42. The third-order valence-corrected chi connectivity index (χ3v) is 2.62. The van der Waals surface area contributed by atoms with Crippen molar-refractivity contribution in [1.82, 2.24) is 14.9 Å². The predicted molar refractivity (Wildman–Crippen MR) is 56.5 cm³/mol. The molecule has 0 aromatic carbocycles. The van der Waals surface area contributed by atoms with Gasteiger partial charge in [-0.3, -0.25) is 4.79 Å². The quantitative estimate of drug-likeness (QED) is 0.643. The maximum absolute atomic E-state index is 12.9. The Morgan fingerprint density at radius 3 is 2.94 bits per heavy atom. The predicted octanol–water partition coefficient (Wildman–Crippen LogP) is 0.284. The average Bonchev–Trinajstić information content (AvgIpc) is 2.42. The zero-order chi connectivity index (χ0) is 11.5. The van der Waals surface area contributed by atoms with E-state index in [0.29, 0.717) is 12.4 Å². The first-order chi connectivity index (χ1) is 7.66. The van der Waals surface area contributed by atoms with Crippen LogP contribution in [-0.4, -0.2) is 47.5 Å². The molecule has 0 N–H and O–H groups in total. The SMILES string of the molecule is CN1CCCN(c2cc(F)ncn2)CC1=O. The van der Waals surface area contributed by atoms with E-state index in [-0.39, 0.29) is 12.5 Å². The van der Waals surface area contributed by atoms with Gasteiger partial charge in [0.05, 0.1) is 6.54 Å². The van der Waals surface area contributed by atoms with Crippen LogP contribution in [0.15, 0.2) is 12.4 Å². The number of carbonyl (C=O) groups excluding carboxylic acids is 1. The van der Waals surface area contributed by atoms with Crippen molar-refractivity contribution in [3.63, 3.8) is 0 Å². The van der Waals surface area contributed by atoms with Gasteiger partial charge in [-0.25, -0.2) is 9.97 Å². The molecule has 0 spiro atoms. The first-order valence-corrected chi connectivity index (χ1v) is 5.13. The van der Waals surface area contributed by atoms with Gasteiger partial charge in [-0.2, -0.15) is 4.39 Å². The summed E-state index contributed by atoms with van der Waals surface area (Å²) in [5.74, 6) is -0.0808. The summed E-state index contributed by atoms with van der Waals surface area (Å²) in [4.78, 5) is 22.4. The van der Waals surface area contributed by atoms with E-state index in [9.17, 15) is 9.18 Å². The molecule has 1 amide bonds. The molecule has 5 nitrogen and oxygen atoms in total. The van der Waals surface area contributed by atoms with Crippen molar-refractivity contribution in [2.45, 2.75) is 6.42 Å². The molecule has 1 aliphatic rings. The van der Waals surface area contributed by atoms with Crippen LogP contribution in [0.1, 0.15) is 6.42 Å². The molecular formula is C10H13FN4O. The smallest absolute Gasteiger partial charge is 0.241 e. The number of carbonyl (C=O) groups is 1. The van der Waals surface area contributed by atoms with Crippen molar-refractivity contribution in [3.8, 4) is 0 Å². The summed E-state index contributed by atoms with van der Waals surface area (Å²) < 4.78 is 12.9. The molecule has 16 heavy (non-hydrogen) atoms. The van der Waals surface area contributed by atoms with Crippen LogP contribution in [0, 0.1) is 5.95 Å². The van der Waals surface area contributed by atoms with Crippen LogP contribution in [0.5, 0.6) is 0 Å². The number of hydrogen-bond acceptors (Lipinski definition) is 4. The van der Waals surface area contributed by atoms with Gasteiger partial charge in [0, 0.05) is 26.2 Å². The van der Waals surface area contributed by atoms with Crippen LogP contribution in [0.2, 0.25) is 0 Å². The number of rotatable bonds is 1.